The number of nitrogens with one attached hydrogen (secondary N) is 1. The van der Waals surface area contributed by atoms with Gasteiger partial charge in [-0.2, -0.15) is 0 Å². The van der Waals surface area contributed by atoms with E-state index in [1.165, 1.54) is 12.7 Å². The Labute approximate surface area is 145 Å². The Hall–Kier alpha value is -2.64. The fourth-order valence-electron chi connectivity index (χ4n) is 3.76. The second kappa shape index (κ2) is 6.02. The van der Waals surface area contributed by atoms with Gasteiger partial charge in [0.1, 0.15) is 17.8 Å². The van der Waals surface area contributed by atoms with E-state index in [2.05, 4.69) is 26.8 Å². The number of esters is 1. The zero-order valence-corrected chi connectivity index (χ0v) is 14.4. The van der Waals surface area contributed by atoms with Crippen LogP contribution in [0, 0.1) is 5.92 Å². The molecule has 2 aromatic heterocycles. The number of ether oxygens (including phenoxy) is 1. The van der Waals surface area contributed by atoms with E-state index < -0.39 is 0 Å². The molecular weight excluding hydrogens is 322 g/mol. The van der Waals surface area contributed by atoms with Crippen molar-refractivity contribution in [2.24, 2.45) is 5.92 Å². The van der Waals surface area contributed by atoms with Gasteiger partial charge in [-0.3, -0.25) is 9.59 Å². The number of hydrogen-bond acceptors (Lipinski definition) is 6. The number of aryl methyl sites for hydroxylation is 1. The average Bonchev–Trinajstić information content (AvgIpc) is 3.17. The van der Waals surface area contributed by atoms with E-state index in [1.807, 2.05) is 11.1 Å². The van der Waals surface area contributed by atoms with Crippen LogP contribution in [0.2, 0.25) is 0 Å². The summed E-state index contributed by atoms with van der Waals surface area (Å²) in [5.74, 6) is 0.303. The molecule has 2 aliphatic rings. The van der Waals surface area contributed by atoms with E-state index in [4.69, 9.17) is 4.74 Å². The van der Waals surface area contributed by atoms with Crippen molar-refractivity contribution >= 4 is 28.7 Å². The molecule has 8 nitrogen and oxygen atoms in total. The summed E-state index contributed by atoms with van der Waals surface area (Å²) in [5, 5.41) is 1.06. The largest absolute Gasteiger partial charge is 0.469 e. The third-order valence-corrected chi connectivity index (χ3v) is 5.21. The number of aromatic nitrogens is 3. The Balaban J connectivity index is 1.49. The molecule has 1 amide bonds. The number of amides is 1. The summed E-state index contributed by atoms with van der Waals surface area (Å²) < 4.78 is 4.77. The maximum Gasteiger partial charge on any atom is 0.310 e. The van der Waals surface area contributed by atoms with Crippen LogP contribution < -0.4 is 4.90 Å². The lowest BCUT2D eigenvalue weighted by Gasteiger charge is -2.44. The smallest absolute Gasteiger partial charge is 0.310 e. The minimum absolute atomic E-state index is 0.0313. The zero-order valence-electron chi connectivity index (χ0n) is 14.4. The van der Waals surface area contributed by atoms with Crippen molar-refractivity contribution in [1.29, 1.82) is 0 Å². The molecule has 4 rings (SSSR count). The molecule has 0 bridgehead atoms. The molecule has 1 N–H and O–H groups in total. The molecule has 132 valence electrons. The molecule has 2 aliphatic heterocycles. The van der Waals surface area contributed by atoms with Gasteiger partial charge >= 0.3 is 5.97 Å². The van der Waals surface area contributed by atoms with Gasteiger partial charge in [0, 0.05) is 32.3 Å². The lowest BCUT2D eigenvalue weighted by Crippen LogP contribution is -2.60. The molecule has 0 saturated carbocycles. The van der Waals surface area contributed by atoms with Gasteiger partial charge in [0.25, 0.3) is 0 Å². The number of carbonyl (C=O) groups is 2. The number of rotatable bonds is 4. The first-order chi connectivity index (χ1) is 12.1. The fraction of sp³-hybridized carbons (Fsp3) is 0.529. The SMILES string of the molecule is CCc1c[nH]c2ncnc(N3CC(N4CC(C(=O)OC)CC4=O)C3)c12. The maximum atomic E-state index is 12.2. The molecular formula is C17H21N5O3. The molecule has 8 heteroatoms. The third-order valence-electron chi connectivity index (χ3n) is 5.21. The highest BCUT2D eigenvalue weighted by molar-refractivity contribution is 5.91. The van der Waals surface area contributed by atoms with Crippen LogP contribution in [0.1, 0.15) is 18.9 Å². The minimum Gasteiger partial charge on any atom is -0.469 e. The number of methoxy groups -OCH3 is 1. The summed E-state index contributed by atoms with van der Waals surface area (Å²) >= 11 is 0. The van der Waals surface area contributed by atoms with Crippen LogP contribution in [0.5, 0.6) is 0 Å². The number of fused-ring (bicyclic) bond motifs is 1. The van der Waals surface area contributed by atoms with Gasteiger partial charge in [0.05, 0.1) is 24.5 Å². The molecule has 1 unspecified atom stereocenters. The molecule has 25 heavy (non-hydrogen) atoms. The van der Waals surface area contributed by atoms with Crippen LogP contribution in [0.4, 0.5) is 5.82 Å². The molecule has 0 aliphatic carbocycles. The average molecular weight is 343 g/mol. The van der Waals surface area contributed by atoms with Gasteiger partial charge in [-0.25, -0.2) is 9.97 Å². The van der Waals surface area contributed by atoms with Crippen LogP contribution in [0.15, 0.2) is 12.5 Å². The van der Waals surface area contributed by atoms with Crippen molar-refractivity contribution in [3.63, 3.8) is 0 Å². The lowest BCUT2D eigenvalue weighted by molar-refractivity contribution is -0.145. The Morgan fingerprint density at radius 1 is 1.36 bits per heavy atom. The van der Waals surface area contributed by atoms with E-state index in [0.717, 1.165) is 36.4 Å². The third kappa shape index (κ3) is 2.52. The van der Waals surface area contributed by atoms with E-state index in [9.17, 15) is 9.59 Å². The Kier molecular flexibility index (Phi) is 3.82. The molecule has 4 heterocycles. The summed E-state index contributed by atoms with van der Waals surface area (Å²) in [7, 11) is 1.36. The van der Waals surface area contributed by atoms with Crippen molar-refractivity contribution < 1.29 is 14.3 Å². The number of H-pyrrole nitrogens is 1. The van der Waals surface area contributed by atoms with Gasteiger partial charge in [0.15, 0.2) is 0 Å². The van der Waals surface area contributed by atoms with Crippen LogP contribution in [0.25, 0.3) is 11.0 Å². The summed E-state index contributed by atoms with van der Waals surface area (Å²) in [4.78, 5) is 39.8. The van der Waals surface area contributed by atoms with E-state index >= 15 is 0 Å². The highest BCUT2D eigenvalue weighted by Crippen LogP contribution is 2.32. The normalized spacial score (nSPS) is 21.0. The fourth-order valence-corrected chi connectivity index (χ4v) is 3.76. The number of hydrogen-bond donors (Lipinski definition) is 1. The van der Waals surface area contributed by atoms with Crippen LogP contribution >= 0.6 is 0 Å². The van der Waals surface area contributed by atoms with Crippen LogP contribution in [-0.4, -0.2) is 64.5 Å². The second-order valence-electron chi connectivity index (χ2n) is 6.62. The molecule has 2 fully saturated rings. The Bertz CT molecular complexity index is 827. The second-order valence-corrected chi connectivity index (χ2v) is 6.62. The molecule has 2 saturated heterocycles. The highest BCUT2D eigenvalue weighted by Gasteiger charge is 2.43. The van der Waals surface area contributed by atoms with Gasteiger partial charge in [0.2, 0.25) is 5.91 Å². The maximum absolute atomic E-state index is 12.2. The van der Waals surface area contributed by atoms with Gasteiger partial charge < -0.3 is 19.5 Å². The van der Waals surface area contributed by atoms with E-state index in [-0.39, 0.29) is 30.3 Å². The summed E-state index contributed by atoms with van der Waals surface area (Å²) in [6.45, 7) is 4.00. The zero-order chi connectivity index (χ0) is 17.6. The number of aromatic amines is 1. The molecule has 0 spiro atoms. The van der Waals surface area contributed by atoms with Crippen molar-refractivity contribution in [3.8, 4) is 0 Å². The van der Waals surface area contributed by atoms with Crippen molar-refractivity contribution in [1.82, 2.24) is 19.9 Å². The van der Waals surface area contributed by atoms with Crippen molar-refractivity contribution in [2.45, 2.75) is 25.8 Å². The van der Waals surface area contributed by atoms with Crippen molar-refractivity contribution in [2.75, 3.05) is 31.6 Å². The minimum atomic E-state index is -0.339. The monoisotopic (exact) mass is 343 g/mol. The molecule has 0 aromatic carbocycles. The summed E-state index contributed by atoms with van der Waals surface area (Å²) in [6.07, 6.45) is 4.70. The topological polar surface area (TPSA) is 91.4 Å². The molecule has 1 atom stereocenters. The predicted molar refractivity (Wildman–Crippen MR) is 91.1 cm³/mol. The van der Waals surface area contributed by atoms with E-state index in [1.54, 1.807) is 6.33 Å². The first-order valence-corrected chi connectivity index (χ1v) is 8.55. The van der Waals surface area contributed by atoms with Crippen LogP contribution in [-0.2, 0) is 20.7 Å². The molecule has 0 radical (unpaired) electrons. The first-order valence-electron chi connectivity index (χ1n) is 8.55. The van der Waals surface area contributed by atoms with Gasteiger partial charge in [-0.05, 0) is 12.0 Å². The predicted octanol–water partition coefficient (Wildman–Crippen LogP) is 0.730. The van der Waals surface area contributed by atoms with Gasteiger partial charge in [-0.15, -0.1) is 0 Å². The molecule has 2 aromatic rings. The number of anilines is 1. The number of likely N-dealkylation sites (tertiary alicyclic amines) is 1. The van der Waals surface area contributed by atoms with E-state index in [0.29, 0.717) is 6.54 Å². The Morgan fingerprint density at radius 2 is 2.16 bits per heavy atom. The lowest BCUT2D eigenvalue weighted by atomic mass is 10.1. The van der Waals surface area contributed by atoms with Crippen molar-refractivity contribution in [3.05, 3.63) is 18.1 Å². The van der Waals surface area contributed by atoms with Gasteiger partial charge in [-0.1, -0.05) is 6.92 Å². The standard InChI is InChI=1S/C17H21N5O3/c1-3-10-5-18-15-14(10)16(20-9-19-15)21-7-12(8-21)22-6-11(4-13(22)23)17(24)25-2/h5,9,11-12H,3-4,6-8H2,1-2H3,(H,18,19,20). The first kappa shape index (κ1) is 15.9. The summed E-state index contributed by atoms with van der Waals surface area (Å²) in [6, 6.07) is 0.121. The highest BCUT2D eigenvalue weighted by atomic mass is 16.5. The Morgan fingerprint density at radius 3 is 2.88 bits per heavy atom. The number of nitrogens with zero attached hydrogens (tertiary/aromatic N) is 4. The quantitative estimate of drug-likeness (QED) is 0.823. The number of carbonyl (C=O) groups excluding carboxylic acids is 2. The summed E-state index contributed by atoms with van der Waals surface area (Å²) in [5.41, 5.74) is 2.03. The van der Waals surface area contributed by atoms with Crippen LogP contribution in [0.3, 0.4) is 0 Å².